The number of aliphatic carboxylic acids is 1. The number of amides is 1. The lowest BCUT2D eigenvalue weighted by Crippen LogP contribution is -2.28. The molecule has 0 aliphatic carbocycles. The molecular weight excluding hydrogens is 324 g/mol. The van der Waals surface area contributed by atoms with Crippen LogP contribution in [0, 0.1) is 6.92 Å². The molecule has 0 aromatic heterocycles. The summed E-state index contributed by atoms with van der Waals surface area (Å²) in [6.45, 7) is 2.93. The van der Waals surface area contributed by atoms with Crippen LogP contribution < -0.4 is 9.80 Å². The maximum atomic E-state index is 12.1. The number of aryl methyl sites for hydroxylation is 1. The van der Waals surface area contributed by atoms with Crippen molar-refractivity contribution >= 4 is 39.2 Å². The van der Waals surface area contributed by atoms with Gasteiger partial charge in [0.05, 0.1) is 17.8 Å². The fourth-order valence-electron chi connectivity index (χ4n) is 2.48. The monoisotopic (exact) mass is 340 g/mol. The van der Waals surface area contributed by atoms with Gasteiger partial charge in [0, 0.05) is 31.0 Å². The van der Waals surface area contributed by atoms with Crippen LogP contribution in [0.5, 0.6) is 0 Å². The predicted octanol–water partition coefficient (Wildman–Crippen LogP) is 2.41. The van der Waals surface area contributed by atoms with Gasteiger partial charge in [-0.25, -0.2) is 0 Å². The van der Waals surface area contributed by atoms with E-state index in [0.717, 1.165) is 21.4 Å². The molecule has 0 saturated carbocycles. The molecule has 1 amide bonds. The number of carbonyl (C=O) groups excluding carboxylic acids is 1. The molecule has 0 atom stereocenters. The van der Waals surface area contributed by atoms with Crippen molar-refractivity contribution in [2.75, 3.05) is 29.9 Å². The molecule has 0 fully saturated rings. The highest BCUT2D eigenvalue weighted by atomic mass is 79.9. The van der Waals surface area contributed by atoms with Gasteiger partial charge in [-0.2, -0.15) is 0 Å². The zero-order valence-electron chi connectivity index (χ0n) is 11.5. The molecule has 0 radical (unpaired) electrons. The van der Waals surface area contributed by atoms with Crippen molar-refractivity contribution in [2.24, 2.45) is 0 Å². The van der Waals surface area contributed by atoms with Gasteiger partial charge in [0.2, 0.25) is 5.91 Å². The van der Waals surface area contributed by atoms with E-state index in [0.29, 0.717) is 19.5 Å². The van der Waals surface area contributed by atoms with Crippen molar-refractivity contribution in [3.05, 3.63) is 22.2 Å². The van der Waals surface area contributed by atoms with Gasteiger partial charge in [0.25, 0.3) is 0 Å². The molecule has 6 heteroatoms. The van der Waals surface area contributed by atoms with Crippen molar-refractivity contribution in [2.45, 2.75) is 19.8 Å². The summed E-state index contributed by atoms with van der Waals surface area (Å²) >= 11 is 3.45. The second-order valence-electron chi connectivity index (χ2n) is 4.92. The summed E-state index contributed by atoms with van der Waals surface area (Å²) in [7, 11) is 1.76. The molecule has 20 heavy (non-hydrogen) atoms. The second kappa shape index (κ2) is 5.83. The van der Waals surface area contributed by atoms with E-state index < -0.39 is 5.97 Å². The minimum atomic E-state index is -0.828. The topological polar surface area (TPSA) is 60.9 Å². The van der Waals surface area contributed by atoms with Crippen LogP contribution in [0.4, 0.5) is 11.4 Å². The molecule has 1 N–H and O–H groups in total. The Balaban J connectivity index is 2.46. The zero-order valence-corrected chi connectivity index (χ0v) is 13.1. The summed E-state index contributed by atoms with van der Waals surface area (Å²) in [5.74, 6) is -0.785. The number of nitrogens with zero attached hydrogens (tertiary/aromatic N) is 2. The Hall–Kier alpha value is -1.56. The predicted molar refractivity (Wildman–Crippen MR) is 81.4 cm³/mol. The molecule has 1 heterocycles. The van der Waals surface area contributed by atoms with Gasteiger partial charge in [-0.05, 0) is 24.6 Å². The summed E-state index contributed by atoms with van der Waals surface area (Å²) in [6, 6.07) is 3.88. The molecular formula is C14H17BrN2O3. The average Bonchev–Trinajstić information content (AvgIpc) is 2.48. The number of hydrogen-bond acceptors (Lipinski definition) is 3. The van der Waals surface area contributed by atoms with E-state index >= 15 is 0 Å². The lowest BCUT2D eigenvalue weighted by Gasteiger charge is -2.27. The summed E-state index contributed by atoms with van der Waals surface area (Å²) in [5, 5.41) is 8.87. The van der Waals surface area contributed by atoms with Crippen molar-refractivity contribution < 1.29 is 14.7 Å². The molecule has 1 aliphatic rings. The first-order valence-corrected chi connectivity index (χ1v) is 7.23. The molecule has 0 spiro atoms. The quantitative estimate of drug-likeness (QED) is 0.917. The van der Waals surface area contributed by atoms with E-state index in [9.17, 15) is 9.59 Å². The summed E-state index contributed by atoms with van der Waals surface area (Å²) in [6.07, 6.45) is 0.453. The molecule has 0 saturated heterocycles. The van der Waals surface area contributed by atoms with Crippen LogP contribution >= 0.6 is 15.9 Å². The van der Waals surface area contributed by atoms with E-state index in [1.807, 2.05) is 24.0 Å². The fourth-order valence-corrected chi connectivity index (χ4v) is 3.04. The minimum Gasteiger partial charge on any atom is -0.481 e. The summed E-state index contributed by atoms with van der Waals surface area (Å²) in [4.78, 5) is 26.5. The fraction of sp³-hybridized carbons (Fsp3) is 0.429. The van der Waals surface area contributed by atoms with Gasteiger partial charge in [-0.3, -0.25) is 9.59 Å². The summed E-state index contributed by atoms with van der Waals surface area (Å²) < 4.78 is 0.911. The highest BCUT2D eigenvalue weighted by molar-refractivity contribution is 9.10. The molecule has 1 aliphatic heterocycles. The normalized spacial score (nSPS) is 15.1. The third kappa shape index (κ3) is 2.95. The first kappa shape index (κ1) is 14.8. The van der Waals surface area contributed by atoms with Gasteiger partial charge in [-0.1, -0.05) is 15.9 Å². The number of carboxylic acids is 1. The van der Waals surface area contributed by atoms with Crippen LogP contribution in [-0.4, -0.2) is 37.1 Å². The Kier molecular flexibility index (Phi) is 4.32. The van der Waals surface area contributed by atoms with Crippen molar-refractivity contribution in [1.82, 2.24) is 0 Å². The lowest BCUT2D eigenvalue weighted by atomic mass is 10.1. The average molecular weight is 341 g/mol. The molecule has 5 nitrogen and oxygen atoms in total. The molecule has 1 aromatic rings. The van der Waals surface area contributed by atoms with Crippen LogP contribution in [0.2, 0.25) is 0 Å². The smallest absolute Gasteiger partial charge is 0.305 e. The van der Waals surface area contributed by atoms with Gasteiger partial charge < -0.3 is 14.9 Å². The van der Waals surface area contributed by atoms with Crippen molar-refractivity contribution in [1.29, 1.82) is 0 Å². The maximum Gasteiger partial charge on any atom is 0.305 e. The van der Waals surface area contributed by atoms with Crippen molar-refractivity contribution in [3.8, 4) is 0 Å². The standard InChI is InChI=1S/C14H17BrN2O3/c1-9-7-10(15)8-11-14(9)17(6-4-13(19)20)5-3-12(18)16(11)2/h7-8H,3-6H2,1-2H3,(H,19,20). The van der Waals surface area contributed by atoms with E-state index in [2.05, 4.69) is 15.9 Å². The molecule has 0 bridgehead atoms. The van der Waals surface area contributed by atoms with Crippen LogP contribution in [0.1, 0.15) is 18.4 Å². The van der Waals surface area contributed by atoms with Crippen LogP contribution in [-0.2, 0) is 9.59 Å². The largest absolute Gasteiger partial charge is 0.481 e. The Morgan fingerprint density at radius 1 is 1.45 bits per heavy atom. The number of carbonyl (C=O) groups is 2. The Labute approximate surface area is 126 Å². The minimum absolute atomic E-state index is 0.0431. The number of halogens is 1. The van der Waals surface area contributed by atoms with E-state index in [1.165, 1.54) is 0 Å². The van der Waals surface area contributed by atoms with E-state index in [-0.39, 0.29) is 12.3 Å². The number of carboxylic acid groups (broad SMARTS) is 1. The number of fused-ring (bicyclic) bond motifs is 1. The number of hydrogen-bond donors (Lipinski definition) is 1. The molecule has 0 unspecified atom stereocenters. The Morgan fingerprint density at radius 3 is 2.80 bits per heavy atom. The number of benzene rings is 1. The zero-order chi connectivity index (χ0) is 14.9. The van der Waals surface area contributed by atoms with E-state index in [1.54, 1.807) is 11.9 Å². The van der Waals surface area contributed by atoms with Gasteiger partial charge in [0.1, 0.15) is 0 Å². The first-order valence-electron chi connectivity index (χ1n) is 6.43. The Morgan fingerprint density at radius 2 is 2.15 bits per heavy atom. The van der Waals surface area contributed by atoms with E-state index in [4.69, 9.17) is 5.11 Å². The van der Waals surface area contributed by atoms with Crippen molar-refractivity contribution in [3.63, 3.8) is 0 Å². The van der Waals surface area contributed by atoms with Crippen LogP contribution in [0.15, 0.2) is 16.6 Å². The van der Waals surface area contributed by atoms with Gasteiger partial charge in [-0.15, -0.1) is 0 Å². The highest BCUT2D eigenvalue weighted by Gasteiger charge is 2.25. The second-order valence-corrected chi connectivity index (χ2v) is 5.84. The van der Waals surface area contributed by atoms with Gasteiger partial charge in [0.15, 0.2) is 0 Å². The molecule has 1 aromatic carbocycles. The number of anilines is 2. The maximum absolute atomic E-state index is 12.1. The molecule has 108 valence electrons. The third-order valence-corrected chi connectivity index (χ3v) is 3.95. The number of rotatable bonds is 3. The summed E-state index contributed by atoms with van der Waals surface area (Å²) in [5.41, 5.74) is 2.80. The van der Waals surface area contributed by atoms with Crippen LogP contribution in [0.3, 0.4) is 0 Å². The Bertz CT molecular complexity index is 560. The van der Waals surface area contributed by atoms with Crippen LogP contribution in [0.25, 0.3) is 0 Å². The molecule has 2 rings (SSSR count). The van der Waals surface area contributed by atoms with Gasteiger partial charge >= 0.3 is 5.97 Å². The SMILES string of the molecule is Cc1cc(Br)cc2c1N(CCC(=O)O)CCC(=O)N2C. The first-order chi connectivity index (χ1) is 9.40. The third-order valence-electron chi connectivity index (χ3n) is 3.49. The highest BCUT2D eigenvalue weighted by Crippen LogP contribution is 2.37. The lowest BCUT2D eigenvalue weighted by molar-refractivity contribution is -0.136.